The van der Waals surface area contributed by atoms with Crippen LogP contribution in [0.2, 0.25) is 0 Å². The average Bonchev–Trinajstić information content (AvgIpc) is 3.23. The van der Waals surface area contributed by atoms with Gasteiger partial charge in [0, 0.05) is 18.1 Å². The number of pyridine rings is 2. The van der Waals surface area contributed by atoms with Crippen LogP contribution in [0, 0.1) is 10.6 Å². The van der Waals surface area contributed by atoms with E-state index in [4.69, 9.17) is 12.2 Å². The van der Waals surface area contributed by atoms with E-state index in [2.05, 4.69) is 29.5 Å². The van der Waals surface area contributed by atoms with E-state index >= 15 is 0 Å². The molecule has 3 rings (SSSR count). The van der Waals surface area contributed by atoms with Crippen LogP contribution in [0.25, 0.3) is 11.0 Å². The topological polar surface area (TPSA) is 29.9 Å². The first-order valence-corrected chi connectivity index (χ1v) is 7.44. The fraction of sp³-hybridized carbons (Fsp3) is 0.467. The molecule has 1 aliphatic rings. The molecule has 1 N–H and O–H groups in total. The molecule has 19 heavy (non-hydrogen) atoms. The Morgan fingerprint density at radius 3 is 3.05 bits per heavy atom. The highest BCUT2D eigenvalue weighted by Crippen LogP contribution is 2.28. The van der Waals surface area contributed by atoms with Crippen molar-refractivity contribution in [2.75, 3.05) is 12.0 Å². The summed E-state index contributed by atoms with van der Waals surface area (Å²) in [6, 6.07) is 6.27. The summed E-state index contributed by atoms with van der Waals surface area (Å²) in [7, 11) is 0. The largest absolute Gasteiger partial charge is 0.323 e. The van der Waals surface area contributed by atoms with Crippen LogP contribution in [-0.2, 0) is 6.42 Å². The maximum atomic E-state index is 5.62. The Kier molecular flexibility index (Phi) is 3.51. The quantitative estimate of drug-likeness (QED) is 0.843. The van der Waals surface area contributed by atoms with Crippen molar-refractivity contribution < 1.29 is 0 Å². The zero-order valence-corrected chi connectivity index (χ0v) is 12.0. The fourth-order valence-electron chi connectivity index (χ4n) is 2.34. The minimum atomic E-state index is 0.815. The highest BCUT2D eigenvalue weighted by Gasteiger charge is 2.21. The van der Waals surface area contributed by atoms with Crippen molar-refractivity contribution in [3.8, 4) is 0 Å². The second-order valence-corrected chi connectivity index (χ2v) is 5.67. The predicted octanol–water partition coefficient (Wildman–Crippen LogP) is 3.67. The molecule has 0 spiro atoms. The number of nitrogens with zero attached hydrogens (tertiary/aromatic N) is 2. The van der Waals surface area contributed by atoms with E-state index in [1.807, 2.05) is 16.9 Å². The number of nitrogens with one attached hydrogen (secondary N) is 1. The van der Waals surface area contributed by atoms with Gasteiger partial charge in [-0.05, 0) is 48.9 Å². The van der Waals surface area contributed by atoms with Gasteiger partial charge in [0.1, 0.15) is 4.64 Å². The molecule has 0 radical (unpaired) electrons. The minimum Gasteiger partial charge on any atom is -0.323 e. The van der Waals surface area contributed by atoms with Crippen molar-refractivity contribution in [3.05, 3.63) is 34.6 Å². The SMILES string of the molecule is CCCc1cc2cccnc2n(NCC2CC2)c1=S. The summed E-state index contributed by atoms with van der Waals surface area (Å²) in [4.78, 5) is 4.48. The van der Waals surface area contributed by atoms with Gasteiger partial charge in [-0.3, -0.25) is 0 Å². The van der Waals surface area contributed by atoms with E-state index in [1.54, 1.807) is 0 Å². The van der Waals surface area contributed by atoms with Crippen LogP contribution in [0.3, 0.4) is 0 Å². The van der Waals surface area contributed by atoms with Crippen molar-refractivity contribution >= 4 is 23.3 Å². The van der Waals surface area contributed by atoms with Gasteiger partial charge in [0.05, 0.1) is 0 Å². The van der Waals surface area contributed by atoms with Crippen LogP contribution in [0.15, 0.2) is 24.4 Å². The summed E-state index contributed by atoms with van der Waals surface area (Å²) in [5.41, 5.74) is 5.64. The molecule has 1 aliphatic carbocycles. The number of aromatic nitrogens is 2. The Morgan fingerprint density at radius 2 is 2.32 bits per heavy atom. The molecular weight excluding hydrogens is 254 g/mol. The molecule has 0 aromatic carbocycles. The molecule has 0 bridgehead atoms. The van der Waals surface area contributed by atoms with Gasteiger partial charge < -0.3 is 5.43 Å². The number of hydrogen-bond donors (Lipinski definition) is 1. The van der Waals surface area contributed by atoms with Gasteiger partial charge in [-0.1, -0.05) is 25.6 Å². The van der Waals surface area contributed by atoms with E-state index < -0.39 is 0 Å². The van der Waals surface area contributed by atoms with Crippen molar-refractivity contribution in [2.45, 2.75) is 32.6 Å². The number of fused-ring (bicyclic) bond motifs is 1. The molecule has 0 unspecified atom stereocenters. The van der Waals surface area contributed by atoms with Crippen LogP contribution in [0.5, 0.6) is 0 Å². The molecule has 100 valence electrons. The van der Waals surface area contributed by atoms with E-state index in [0.717, 1.165) is 41.0 Å². The van der Waals surface area contributed by atoms with Gasteiger partial charge in [0.25, 0.3) is 0 Å². The maximum absolute atomic E-state index is 5.62. The second-order valence-electron chi connectivity index (χ2n) is 5.28. The summed E-state index contributed by atoms with van der Waals surface area (Å²) in [6.07, 6.45) is 6.62. The first-order valence-electron chi connectivity index (χ1n) is 7.03. The molecule has 1 saturated carbocycles. The molecule has 2 aromatic rings. The third kappa shape index (κ3) is 2.63. The molecule has 0 atom stereocenters. The summed E-state index contributed by atoms with van der Waals surface area (Å²) < 4.78 is 2.89. The average molecular weight is 273 g/mol. The maximum Gasteiger partial charge on any atom is 0.159 e. The Labute approximate surface area is 118 Å². The summed E-state index contributed by atoms with van der Waals surface area (Å²) >= 11 is 5.62. The molecule has 2 heterocycles. The third-order valence-corrected chi connectivity index (χ3v) is 4.04. The molecular formula is C15H19N3S. The van der Waals surface area contributed by atoms with Gasteiger partial charge in [0.2, 0.25) is 0 Å². The van der Waals surface area contributed by atoms with Crippen molar-refractivity contribution in [2.24, 2.45) is 5.92 Å². The molecule has 3 nitrogen and oxygen atoms in total. The molecule has 2 aromatic heterocycles. The molecule has 1 fully saturated rings. The Morgan fingerprint density at radius 1 is 1.47 bits per heavy atom. The highest BCUT2D eigenvalue weighted by molar-refractivity contribution is 7.71. The standard InChI is InChI=1S/C15H19N3S/c1-2-4-13-9-12-5-3-8-16-14(12)18(15(13)19)17-10-11-6-7-11/h3,5,8-9,11,17H,2,4,6-7,10H2,1H3. The van der Waals surface area contributed by atoms with E-state index in [9.17, 15) is 0 Å². The highest BCUT2D eigenvalue weighted by atomic mass is 32.1. The Balaban J connectivity index is 2.07. The second kappa shape index (κ2) is 5.29. The zero-order valence-electron chi connectivity index (χ0n) is 11.2. The van der Waals surface area contributed by atoms with Crippen molar-refractivity contribution in [1.82, 2.24) is 9.66 Å². The van der Waals surface area contributed by atoms with Crippen LogP contribution >= 0.6 is 12.2 Å². The lowest BCUT2D eigenvalue weighted by molar-refractivity contribution is 0.758. The molecule has 0 amide bonds. The number of rotatable bonds is 5. The van der Waals surface area contributed by atoms with Gasteiger partial charge in [-0.25, -0.2) is 9.66 Å². The Bertz CT molecular complexity index is 643. The number of hydrogen-bond acceptors (Lipinski definition) is 3. The van der Waals surface area contributed by atoms with Crippen LogP contribution in [-0.4, -0.2) is 16.2 Å². The normalized spacial score (nSPS) is 14.8. The van der Waals surface area contributed by atoms with Gasteiger partial charge in [-0.2, -0.15) is 0 Å². The lowest BCUT2D eigenvalue weighted by atomic mass is 10.1. The smallest absolute Gasteiger partial charge is 0.159 e. The fourth-order valence-corrected chi connectivity index (χ4v) is 2.65. The van der Waals surface area contributed by atoms with Gasteiger partial charge in [0.15, 0.2) is 5.65 Å². The van der Waals surface area contributed by atoms with Crippen molar-refractivity contribution in [3.63, 3.8) is 0 Å². The first kappa shape index (κ1) is 12.6. The van der Waals surface area contributed by atoms with Crippen LogP contribution < -0.4 is 5.43 Å². The lowest BCUT2D eigenvalue weighted by Crippen LogP contribution is -2.20. The van der Waals surface area contributed by atoms with E-state index in [0.29, 0.717) is 0 Å². The third-order valence-electron chi connectivity index (χ3n) is 3.59. The summed E-state index contributed by atoms with van der Waals surface area (Å²) in [6.45, 7) is 3.18. The summed E-state index contributed by atoms with van der Waals surface area (Å²) in [5.74, 6) is 0.815. The molecule has 0 saturated heterocycles. The monoisotopic (exact) mass is 273 g/mol. The van der Waals surface area contributed by atoms with Crippen molar-refractivity contribution in [1.29, 1.82) is 0 Å². The zero-order chi connectivity index (χ0) is 13.2. The van der Waals surface area contributed by atoms with Crippen LogP contribution in [0.1, 0.15) is 31.7 Å². The van der Waals surface area contributed by atoms with E-state index in [1.165, 1.54) is 18.4 Å². The Hall–Kier alpha value is -1.42. The van der Waals surface area contributed by atoms with Gasteiger partial charge in [-0.15, -0.1) is 0 Å². The molecule has 0 aliphatic heterocycles. The van der Waals surface area contributed by atoms with E-state index in [-0.39, 0.29) is 0 Å². The van der Waals surface area contributed by atoms with Crippen LogP contribution in [0.4, 0.5) is 0 Å². The minimum absolute atomic E-state index is 0.815. The number of aryl methyl sites for hydroxylation is 1. The lowest BCUT2D eigenvalue weighted by Gasteiger charge is -2.15. The van der Waals surface area contributed by atoms with Gasteiger partial charge >= 0.3 is 0 Å². The summed E-state index contributed by atoms with van der Waals surface area (Å²) in [5, 5.41) is 1.16. The predicted molar refractivity (Wildman–Crippen MR) is 81.5 cm³/mol. The molecule has 4 heteroatoms. The first-order chi connectivity index (χ1) is 9.29.